The van der Waals surface area contributed by atoms with E-state index >= 15 is 0 Å². The number of rotatable bonds is 9. The van der Waals surface area contributed by atoms with Gasteiger partial charge in [0.25, 0.3) is 11.6 Å². The van der Waals surface area contributed by atoms with Crippen LogP contribution in [0, 0.1) is 17.0 Å². The van der Waals surface area contributed by atoms with Gasteiger partial charge in [0.1, 0.15) is 0 Å². The number of amides is 2. The zero-order chi connectivity index (χ0) is 26.5. The van der Waals surface area contributed by atoms with Crippen molar-refractivity contribution in [1.82, 2.24) is 25.1 Å². The number of thiazole rings is 1. The molecule has 2 aromatic heterocycles. The molecule has 4 aromatic rings. The molecule has 2 N–H and O–H groups in total. The van der Waals surface area contributed by atoms with Gasteiger partial charge in [-0.25, -0.2) is 4.98 Å². The predicted octanol–water partition coefficient (Wildman–Crippen LogP) is 4.38. The summed E-state index contributed by atoms with van der Waals surface area (Å²) in [5.74, 6) is 0.138. The van der Waals surface area contributed by atoms with Gasteiger partial charge >= 0.3 is 0 Å². The van der Waals surface area contributed by atoms with E-state index in [2.05, 4.69) is 25.8 Å². The molecule has 13 heteroatoms. The second-order valence-corrected chi connectivity index (χ2v) is 9.94. The van der Waals surface area contributed by atoms with E-state index in [0.29, 0.717) is 32.9 Å². The molecule has 190 valence electrons. The van der Waals surface area contributed by atoms with Crippen LogP contribution in [-0.2, 0) is 11.8 Å². The van der Waals surface area contributed by atoms with Gasteiger partial charge in [0.2, 0.25) is 5.91 Å². The normalized spacial score (nSPS) is 11.6. The van der Waals surface area contributed by atoms with Crippen molar-refractivity contribution in [3.05, 3.63) is 81.0 Å². The van der Waals surface area contributed by atoms with Crippen LogP contribution in [0.3, 0.4) is 0 Å². The third kappa shape index (κ3) is 6.37. The SMILES string of the molecule is Cc1ccc(C(=O)N[C@H](C)c2nnc(SCC(=O)Nc3nc(-c4cccc([N+](=O)[O-])c4)cs3)n2C)cc1. The van der Waals surface area contributed by atoms with Crippen LogP contribution in [0.4, 0.5) is 10.8 Å². The van der Waals surface area contributed by atoms with Crippen molar-refractivity contribution in [2.75, 3.05) is 11.1 Å². The Morgan fingerprint density at radius 3 is 2.68 bits per heavy atom. The Labute approximate surface area is 220 Å². The number of aryl methyl sites for hydroxylation is 1. The molecular weight excluding hydrogens is 514 g/mol. The smallest absolute Gasteiger partial charge is 0.270 e. The predicted molar refractivity (Wildman–Crippen MR) is 142 cm³/mol. The molecule has 0 bridgehead atoms. The van der Waals surface area contributed by atoms with Crippen molar-refractivity contribution in [3.63, 3.8) is 0 Å². The van der Waals surface area contributed by atoms with E-state index in [1.807, 2.05) is 26.0 Å². The van der Waals surface area contributed by atoms with E-state index in [4.69, 9.17) is 0 Å². The highest BCUT2D eigenvalue weighted by Gasteiger charge is 2.19. The largest absolute Gasteiger partial charge is 0.342 e. The topological polar surface area (TPSA) is 145 Å². The van der Waals surface area contributed by atoms with E-state index in [1.54, 1.807) is 41.3 Å². The lowest BCUT2D eigenvalue weighted by atomic mass is 10.1. The fourth-order valence-electron chi connectivity index (χ4n) is 3.41. The molecule has 0 aliphatic rings. The summed E-state index contributed by atoms with van der Waals surface area (Å²) in [6.45, 7) is 3.77. The average Bonchev–Trinajstić information content (AvgIpc) is 3.49. The maximum absolute atomic E-state index is 12.5. The number of thioether (sulfide) groups is 1. The second-order valence-electron chi connectivity index (χ2n) is 8.14. The first kappa shape index (κ1) is 26.0. The van der Waals surface area contributed by atoms with E-state index < -0.39 is 11.0 Å². The van der Waals surface area contributed by atoms with E-state index in [0.717, 1.165) is 5.56 Å². The van der Waals surface area contributed by atoms with E-state index in [-0.39, 0.29) is 23.3 Å². The van der Waals surface area contributed by atoms with Crippen molar-refractivity contribution >= 4 is 45.7 Å². The average molecular weight is 538 g/mol. The summed E-state index contributed by atoms with van der Waals surface area (Å²) in [7, 11) is 1.77. The van der Waals surface area contributed by atoms with Gasteiger partial charge in [-0.15, -0.1) is 21.5 Å². The van der Waals surface area contributed by atoms with Crippen molar-refractivity contribution in [3.8, 4) is 11.3 Å². The van der Waals surface area contributed by atoms with Gasteiger partial charge in [-0.1, -0.05) is 41.6 Å². The highest BCUT2D eigenvalue weighted by Crippen LogP contribution is 2.28. The number of anilines is 1. The Hall–Kier alpha value is -4.10. The number of nitrogens with zero attached hydrogens (tertiary/aromatic N) is 5. The van der Waals surface area contributed by atoms with Gasteiger partial charge in [0, 0.05) is 35.7 Å². The summed E-state index contributed by atoms with van der Waals surface area (Å²) in [5.41, 5.74) is 2.73. The second kappa shape index (κ2) is 11.3. The molecular formula is C24H23N7O4S2. The van der Waals surface area contributed by atoms with Gasteiger partial charge < -0.3 is 15.2 Å². The highest BCUT2D eigenvalue weighted by molar-refractivity contribution is 7.99. The first-order chi connectivity index (χ1) is 17.7. The molecule has 2 heterocycles. The lowest BCUT2D eigenvalue weighted by Crippen LogP contribution is -2.28. The standard InChI is InChI=1S/C24H23N7O4S2/c1-14-7-9-16(10-8-14)22(33)25-15(2)21-28-29-24(30(21)3)37-13-20(32)27-23-26-19(12-36-23)17-5-4-6-18(11-17)31(34)35/h4-12,15H,13H2,1-3H3,(H,25,33)(H,26,27,32)/t15-/m1/s1. The lowest BCUT2D eigenvalue weighted by Gasteiger charge is -2.13. The summed E-state index contributed by atoms with van der Waals surface area (Å²) in [5, 5.41) is 27.6. The van der Waals surface area contributed by atoms with Crippen molar-refractivity contribution in [2.24, 2.45) is 7.05 Å². The van der Waals surface area contributed by atoms with Gasteiger partial charge in [0.15, 0.2) is 16.1 Å². The number of hydrogen-bond acceptors (Lipinski definition) is 9. The summed E-state index contributed by atoms with van der Waals surface area (Å²) in [4.78, 5) is 39.9. The van der Waals surface area contributed by atoms with Crippen LogP contribution < -0.4 is 10.6 Å². The minimum atomic E-state index is -0.466. The Bertz CT molecular complexity index is 1450. The number of carbonyl (C=O) groups is 2. The summed E-state index contributed by atoms with van der Waals surface area (Å²) >= 11 is 2.43. The zero-order valence-electron chi connectivity index (χ0n) is 20.2. The molecule has 0 aliphatic heterocycles. The third-order valence-electron chi connectivity index (χ3n) is 5.35. The number of benzene rings is 2. The van der Waals surface area contributed by atoms with Crippen LogP contribution in [0.25, 0.3) is 11.3 Å². The quantitative estimate of drug-likeness (QED) is 0.182. The number of nitro groups is 1. The molecule has 0 saturated carbocycles. The molecule has 0 unspecified atom stereocenters. The Kier molecular flexibility index (Phi) is 7.94. The number of non-ortho nitro benzene ring substituents is 1. The Morgan fingerprint density at radius 2 is 1.95 bits per heavy atom. The number of nitrogens with one attached hydrogen (secondary N) is 2. The molecule has 4 rings (SSSR count). The zero-order valence-corrected chi connectivity index (χ0v) is 21.8. The molecule has 37 heavy (non-hydrogen) atoms. The third-order valence-corrected chi connectivity index (χ3v) is 7.13. The lowest BCUT2D eigenvalue weighted by molar-refractivity contribution is -0.384. The van der Waals surface area contributed by atoms with Gasteiger partial charge in [0.05, 0.1) is 22.4 Å². The molecule has 1 atom stereocenters. The molecule has 0 saturated heterocycles. The molecule has 11 nitrogen and oxygen atoms in total. The summed E-state index contributed by atoms with van der Waals surface area (Å²) in [6, 6.07) is 13.1. The molecule has 2 amide bonds. The number of hydrogen-bond donors (Lipinski definition) is 2. The first-order valence-corrected chi connectivity index (χ1v) is 13.0. The van der Waals surface area contributed by atoms with Gasteiger partial charge in [-0.3, -0.25) is 19.7 Å². The fourth-order valence-corrected chi connectivity index (χ4v) is 4.86. The van der Waals surface area contributed by atoms with Crippen LogP contribution in [0.15, 0.2) is 59.1 Å². The molecule has 0 aliphatic carbocycles. The van der Waals surface area contributed by atoms with Gasteiger partial charge in [-0.05, 0) is 26.0 Å². The highest BCUT2D eigenvalue weighted by atomic mass is 32.2. The molecule has 0 spiro atoms. The van der Waals surface area contributed by atoms with Gasteiger partial charge in [-0.2, -0.15) is 0 Å². The molecule has 0 fully saturated rings. The van der Waals surface area contributed by atoms with Crippen LogP contribution in [0.5, 0.6) is 0 Å². The van der Waals surface area contributed by atoms with Crippen molar-refractivity contribution in [1.29, 1.82) is 0 Å². The van der Waals surface area contributed by atoms with Crippen LogP contribution in [0.1, 0.15) is 34.7 Å². The Balaban J connectivity index is 1.32. The summed E-state index contributed by atoms with van der Waals surface area (Å²) < 4.78 is 1.74. The first-order valence-electron chi connectivity index (χ1n) is 11.1. The Morgan fingerprint density at radius 1 is 1.19 bits per heavy atom. The number of nitro benzene ring substituents is 1. The fraction of sp³-hybridized carbons (Fsp3) is 0.208. The van der Waals surface area contributed by atoms with Crippen LogP contribution in [0.2, 0.25) is 0 Å². The monoisotopic (exact) mass is 537 g/mol. The molecule has 2 aromatic carbocycles. The van der Waals surface area contributed by atoms with Crippen LogP contribution in [-0.4, -0.2) is 42.2 Å². The maximum atomic E-state index is 12.5. The molecule has 0 radical (unpaired) electrons. The summed E-state index contributed by atoms with van der Waals surface area (Å²) in [6.07, 6.45) is 0. The van der Waals surface area contributed by atoms with E-state index in [1.165, 1.54) is 35.2 Å². The van der Waals surface area contributed by atoms with Crippen molar-refractivity contribution < 1.29 is 14.5 Å². The minimum Gasteiger partial charge on any atom is -0.342 e. The number of carbonyl (C=O) groups excluding carboxylic acids is 2. The van der Waals surface area contributed by atoms with Crippen LogP contribution >= 0.6 is 23.1 Å². The number of aromatic nitrogens is 4. The minimum absolute atomic E-state index is 0.0282. The van der Waals surface area contributed by atoms with E-state index in [9.17, 15) is 19.7 Å². The van der Waals surface area contributed by atoms with Crippen molar-refractivity contribution in [2.45, 2.75) is 25.0 Å². The maximum Gasteiger partial charge on any atom is 0.270 e.